The van der Waals surface area contributed by atoms with E-state index in [1.54, 1.807) is 0 Å². The Morgan fingerprint density at radius 2 is 2.29 bits per heavy atom. The van der Waals surface area contributed by atoms with Crippen LogP contribution in [0.5, 0.6) is 0 Å². The van der Waals surface area contributed by atoms with E-state index in [-0.39, 0.29) is 12.6 Å². The van der Waals surface area contributed by atoms with Crippen molar-refractivity contribution < 1.29 is 9.53 Å². The van der Waals surface area contributed by atoms with Gasteiger partial charge in [0.05, 0.1) is 11.7 Å². The Morgan fingerprint density at radius 3 is 2.71 bits per heavy atom. The number of rotatable bonds is 3. The molecule has 0 fully saturated rings. The number of amides is 1. The van der Waals surface area contributed by atoms with Gasteiger partial charge in [-0.2, -0.15) is 5.10 Å². The molecule has 0 aliphatic carbocycles. The van der Waals surface area contributed by atoms with E-state index in [1.807, 2.05) is 33.8 Å². The zero-order valence-corrected chi connectivity index (χ0v) is 10.7. The third-order valence-electron chi connectivity index (χ3n) is 2.01. The van der Waals surface area contributed by atoms with Crippen molar-refractivity contribution >= 4 is 6.09 Å². The Bertz CT molecular complexity index is 381. The molecule has 0 aliphatic rings. The Kier molecular flexibility index (Phi) is 4.11. The van der Waals surface area contributed by atoms with E-state index >= 15 is 0 Å². The fourth-order valence-electron chi connectivity index (χ4n) is 1.32. The molecule has 1 unspecified atom stereocenters. The smallest absolute Gasteiger partial charge is 0.408 e. The molecule has 0 bridgehead atoms. The lowest BCUT2D eigenvalue weighted by atomic mass is 10.2. The summed E-state index contributed by atoms with van der Waals surface area (Å²) in [6, 6.07) is 1.50. The second kappa shape index (κ2) is 5.18. The molecule has 0 saturated carbocycles. The van der Waals surface area contributed by atoms with E-state index in [0.717, 1.165) is 5.69 Å². The minimum Gasteiger partial charge on any atom is -0.444 e. The summed E-state index contributed by atoms with van der Waals surface area (Å²) in [4.78, 5) is 11.6. The SMILES string of the molecule is Cc1cc(C(CN)NC(=O)OC(C)(C)C)n[nH]1. The number of carbonyl (C=O) groups is 1. The number of nitrogens with two attached hydrogens (primary N) is 1. The largest absolute Gasteiger partial charge is 0.444 e. The monoisotopic (exact) mass is 240 g/mol. The summed E-state index contributed by atoms with van der Waals surface area (Å²) in [6.07, 6.45) is -0.492. The minimum atomic E-state index is -0.523. The molecular weight excluding hydrogens is 220 g/mol. The number of hydrogen-bond donors (Lipinski definition) is 3. The summed E-state index contributed by atoms with van der Waals surface area (Å²) in [5.74, 6) is 0. The van der Waals surface area contributed by atoms with Crippen LogP contribution in [-0.4, -0.2) is 28.4 Å². The number of H-pyrrole nitrogens is 1. The maximum Gasteiger partial charge on any atom is 0.408 e. The van der Waals surface area contributed by atoms with E-state index in [0.29, 0.717) is 5.69 Å². The second-order valence-electron chi connectivity index (χ2n) is 4.91. The molecule has 1 heterocycles. The highest BCUT2D eigenvalue weighted by atomic mass is 16.6. The van der Waals surface area contributed by atoms with Gasteiger partial charge in [-0.25, -0.2) is 4.79 Å². The number of alkyl carbamates (subject to hydrolysis) is 1. The van der Waals surface area contributed by atoms with Crippen LogP contribution in [0, 0.1) is 6.92 Å². The van der Waals surface area contributed by atoms with Crippen LogP contribution in [0.1, 0.15) is 38.2 Å². The van der Waals surface area contributed by atoms with Crippen molar-refractivity contribution in [3.8, 4) is 0 Å². The first-order chi connectivity index (χ1) is 7.81. The molecule has 1 atom stereocenters. The molecule has 0 radical (unpaired) electrons. The number of carbonyl (C=O) groups excluding carboxylic acids is 1. The molecular formula is C11H20N4O2. The van der Waals surface area contributed by atoms with Gasteiger partial charge in [-0.15, -0.1) is 0 Å². The van der Waals surface area contributed by atoms with Crippen LogP contribution in [0.4, 0.5) is 4.79 Å². The van der Waals surface area contributed by atoms with Crippen LogP contribution in [-0.2, 0) is 4.74 Å². The molecule has 0 aliphatic heterocycles. The van der Waals surface area contributed by atoms with Crippen molar-refractivity contribution in [2.75, 3.05) is 6.54 Å². The van der Waals surface area contributed by atoms with Gasteiger partial charge in [-0.05, 0) is 33.8 Å². The first-order valence-electron chi connectivity index (χ1n) is 5.53. The summed E-state index contributed by atoms with van der Waals surface area (Å²) in [6.45, 7) is 7.58. The number of aromatic amines is 1. The predicted octanol–water partition coefficient (Wildman–Crippen LogP) is 1.24. The summed E-state index contributed by atoms with van der Waals surface area (Å²) in [5.41, 5.74) is 6.70. The van der Waals surface area contributed by atoms with Crippen molar-refractivity contribution in [1.82, 2.24) is 15.5 Å². The highest BCUT2D eigenvalue weighted by Gasteiger charge is 2.20. The third-order valence-corrected chi connectivity index (χ3v) is 2.01. The maximum atomic E-state index is 11.6. The Labute approximate surface area is 101 Å². The highest BCUT2D eigenvalue weighted by Crippen LogP contribution is 2.12. The molecule has 0 saturated heterocycles. The summed E-state index contributed by atoms with van der Waals surface area (Å²) < 4.78 is 5.15. The molecule has 6 heteroatoms. The number of aromatic nitrogens is 2. The van der Waals surface area contributed by atoms with E-state index in [4.69, 9.17) is 10.5 Å². The molecule has 1 aromatic rings. The van der Waals surface area contributed by atoms with Gasteiger partial charge in [0.15, 0.2) is 0 Å². The summed E-state index contributed by atoms with van der Waals surface area (Å²) in [5, 5.41) is 9.55. The fourth-order valence-corrected chi connectivity index (χ4v) is 1.32. The minimum absolute atomic E-state index is 0.267. The molecule has 17 heavy (non-hydrogen) atoms. The van der Waals surface area contributed by atoms with Gasteiger partial charge in [-0.1, -0.05) is 0 Å². The lowest BCUT2D eigenvalue weighted by Gasteiger charge is -2.22. The van der Waals surface area contributed by atoms with Gasteiger partial charge in [0.1, 0.15) is 5.60 Å². The molecule has 1 aromatic heterocycles. The molecule has 4 N–H and O–H groups in total. The van der Waals surface area contributed by atoms with Gasteiger partial charge in [-0.3, -0.25) is 5.10 Å². The van der Waals surface area contributed by atoms with Crippen LogP contribution in [0.3, 0.4) is 0 Å². The molecule has 1 rings (SSSR count). The van der Waals surface area contributed by atoms with E-state index in [1.165, 1.54) is 0 Å². The van der Waals surface area contributed by atoms with E-state index in [9.17, 15) is 4.79 Å². The lowest BCUT2D eigenvalue weighted by molar-refractivity contribution is 0.0504. The van der Waals surface area contributed by atoms with Crippen LogP contribution in [0.25, 0.3) is 0 Å². The van der Waals surface area contributed by atoms with Gasteiger partial charge < -0.3 is 15.8 Å². The lowest BCUT2D eigenvalue weighted by Crippen LogP contribution is -2.37. The zero-order valence-electron chi connectivity index (χ0n) is 10.7. The molecule has 0 aromatic carbocycles. The van der Waals surface area contributed by atoms with Gasteiger partial charge >= 0.3 is 6.09 Å². The Hall–Kier alpha value is -1.56. The average Bonchev–Trinajstić information content (AvgIpc) is 2.58. The third kappa shape index (κ3) is 4.44. The molecule has 6 nitrogen and oxygen atoms in total. The zero-order chi connectivity index (χ0) is 13.1. The van der Waals surface area contributed by atoms with Gasteiger partial charge in [0, 0.05) is 12.2 Å². The van der Waals surface area contributed by atoms with E-state index in [2.05, 4.69) is 15.5 Å². The first-order valence-corrected chi connectivity index (χ1v) is 5.53. The quantitative estimate of drug-likeness (QED) is 0.741. The number of aryl methyl sites for hydroxylation is 1. The molecule has 96 valence electrons. The number of nitrogens with zero attached hydrogens (tertiary/aromatic N) is 1. The number of nitrogens with one attached hydrogen (secondary N) is 2. The number of hydrogen-bond acceptors (Lipinski definition) is 4. The molecule has 0 spiro atoms. The standard InChI is InChI=1S/C11H20N4O2/c1-7-5-8(15-14-7)9(6-12)13-10(16)17-11(2,3)4/h5,9H,6,12H2,1-4H3,(H,13,16)(H,14,15). The van der Waals surface area contributed by atoms with Crippen molar-refractivity contribution in [3.05, 3.63) is 17.5 Å². The van der Waals surface area contributed by atoms with Crippen molar-refractivity contribution in [2.45, 2.75) is 39.3 Å². The maximum absolute atomic E-state index is 11.6. The van der Waals surface area contributed by atoms with Crippen LogP contribution in [0.2, 0.25) is 0 Å². The summed E-state index contributed by atoms with van der Waals surface area (Å²) in [7, 11) is 0. The van der Waals surface area contributed by atoms with Gasteiger partial charge in [0.25, 0.3) is 0 Å². The highest BCUT2D eigenvalue weighted by molar-refractivity contribution is 5.68. The summed E-state index contributed by atoms with van der Waals surface area (Å²) >= 11 is 0. The van der Waals surface area contributed by atoms with Gasteiger partial charge in [0.2, 0.25) is 0 Å². The second-order valence-corrected chi connectivity index (χ2v) is 4.91. The predicted molar refractivity (Wildman–Crippen MR) is 64.5 cm³/mol. The Morgan fingerprint density at radius 1 is 1.65 bits per heavy atom. The van der Waals surface area contributed by atoms with Crippen LogP contribution in [0.15, 0.2) is 6.07 Å². The fraction of sp³-hybridized carbons (Fsp3) is 0.636. The molecule has 1 amide bonds. The van der Waals surface area contributed by atoms with Crippen molar-refractivity contribution in [2.24, 2.45) is 5.73 Å². The van der Waals surface area contributed by atoms with Crippen LogP contribution >= 0.6 is 0 Å². The Balaban J connectivity index is 2.62. The van der Waals surface area contributed by atoms with Crippen LogP contribution < -0.4 is 11.1 Å². The van der Waals surface area contributed by atoms with E-state index < -0.39 is 11.7 Å². The van der Waals surface area contributed by atoms with Crippen molar-refractivity contribution in [3.63, 3.8) is 0 Å². The van der Waals surface area contributed by atoms with Crippen molar-refractivity contribution in [1.29, 1.82) is 0 Å². The first kappa shape index (κ1) is 13.5. The average molecular weight is 240 g/mol. The topological polar surface area (TPSA) is 93.0 Å². The number of ether oxygens (including phenoxy) is 1. The normalized spacial score (nSPS) is 13.2.